The highest BCUT2D eigenvalue weighted by atomic mass is 19.4. The minimum absolute atomic E-state index is 0.122. The van der Waals surface area contributed by atoms with E-state index in [0.717, 1.165) is 0 Å². The summed E-state index contributed by atoms with van der Waals surface area (Å²) in [6.45, 7) is 0. The Labute approximate surface area is 191 Å². The third-order valence-electron chi connectivity index (χ3n) is 5.22. The van der Waals surface area contributed by atoms with E-state index in [2.05, 4.69) is 0 Å². The summed E-state index contributed by atoms with van der Waals surface area (Å²) in [5.41, 5.74) is -3.07. The molecule has 196 valence electrons. The number of halogens is 13. The quantitative estimate of drug-likeness (QED) is 0.302. The van der Waals surface area contributed by atoms with Crippen LogP contribution in [0.5, 0.6) is 0 Å². The van der Waals surface area contributed by atoms with E-state index in [1.807, 2.05) is 0 Å². The molecule has 0 fully saturated rings. The Hall–Kier alpha value is -3.33. The van der Waals surface area contributed by atoms with E-state index in [0.29, 0.717) is 17.0 Å². The van der Waals surface area contributed by atoms with Crippen LogP contribution in [0, 0.1) is 0 Å². The van der Waals surface area contributed by atoms with Gasteiger partial charge in [0.1, 0.15) is 0 Å². The highest BCUT2D eigenvalue weighted by Crippen LogP contribution is 2.62. The van der Waals surface area contributed by atoms with Gasteiger partial charge in [-0.15, -0.1) is 0 Å². The van der Waals surface area contributed by atoms with Crippen molar-refractivity contribution in [1.29, 1.82) is 0 Å². The Kier molecular flexibility index (Phi) is 5.93. The first-order valence-corrected chi connectivity index (χ1v) is 9.18. The maximum Gasteiger partial charge on any atom is 0.460 e. The number of hydrogen-bond donors (Lipinski definition) is 0. The highest BCUT2D eigenvalue weighted by molar-refractivity contribution is 6.34. The third kappa shape index (κ3) is 3.43. The molecule has 0 radical (unpaired) electrons. The Balaban J connectivity index is 1.99. The fourth-order valence-corrected chi connectivity index (χ4v) is 3.19. The monoisotopic (exact) mass is 541 g/mol. The van der Waals surface area contributed by atoms with Crippen molar-refractivity contribution in [3.63, 3.8) is 0 Å². The van der Waals surface area contributed by atoms with Crippen LogP contribution in [-0.2, 0) is 5.92 Å². The zero-order valence-corrected chi connectivity index (χ0v) is 16.8. The molecule has 0 N–H and O–H groups in total. The molecule has 0 unspecified atom stereocenters. The molecular formula is C20H8F13NO2. The lowest BCUT2D eigenvalue weighted by Gasteiger charge is -2.39. The van der Waals surface area contributed by atoms with Gasteiger partial charge in [-0.1, -0.05) is 24.3 Å². The van der Waals surface area contributed by atoms with Crippen molar-refractivity contribution in [3.05, 3.63) is 65.2 Å². The minimum atomic E-state index is -8.01. The number of amides is 2. The summed E-state index contributed by atoms with van der Waals surface area (Å²) in [4.78, 5) is 25.1. The normalized spacial score (nSPS) is 16.0. The summed E-state index contributed by atoms with van der Waals surface area (Å²) in [6, 6.07) is 5.58. The largest absolute Gasteiger partial charge is 0.460 e. The summed E-state index contributed by atoms with van der Waals surface area (Å²) >= 11 is 0. The predicted molar refractivity (Wildman–Crippen MR) is 93.8 cm³/mol. The molecule has 2 aromatic rings. The summed E-state index contributed by atoms with van der Waals surface area (Å²) in [5.74, 6) is -39.7. The fraction of sp³-hybridized carbons (Fsp3) is 0.300. The average molecular weight is 541 g/mol. The lowest BCUT2D eigenvalue weighted by molar-refractivity contribution is -0.441. The van der Waals surface area contributed by atoms with Crippen LogP contribution < -0.4 is 4.90 Å². The van der Waals surface area contributed by atoms with Crippen molar-refractivity contribution < 1.29 is 66.7 Å². The van der Waals surface area contributed by atoms with Gasteiger partial charge in [-0.3, -0.25) is 9.59 Å². The van der Waals surface area contributed by atoms with Gasteiger partial charge in [-0.25, -0.2) is 4.90 Å². The molecule has 2 aromatic carbocycles. The van der Waals surface area contributed by atoms with Crippen molar-refractivity contribution in [3.8, 4) is 0 Å². The zero-order chi connectivity index (χ0) is 27.7. The molecule has 0 spiro atoms. The Morgan fingerprint density at radius 2 is 0.889 bits per heavy atom. The number of fused-ring (bicyclic) bond motifs is 1. The second kappa shape index (κ2) is 7.83. The van der Waals surface area contributed by atoms with Gasteiger partial charge in [0.2, 0.25) is 0 Å². The van der Waals surface area contributed by atoms with Gasteiger partial charge in [-0.2, -0.15) is 57.1 Å². The summed E-state index contributed by atoms with van der Waals surface area (Å²) in [6.07, 6.45) is -7.50. The minimum Gasteiger partial charge on any atom is -0.268 e. The molecular weight excluding hydrogens is 533 g/mol. The van der Waals surface area contributed by atoms with Crippen molar-refractivity contribution in [2.24, 2.45) is 0 Å². The molecule has 0 saturated carbocycles. The van der Waals surface area contributed by atoms with Crippen molar-refractivity contribution in [2.45, 2.75) is 35.8 Å². The van der Waals surface area contributed by atoms with E-state index in [9.17, 15) is 66.7 Å². The Bertz CT molecular complexity index is 1170. The Morgan fingerprint density at radius 3 is 1.28 bits per heavy atom. The number of benzene rings is 2. The zero-order valence-electron chi connectivity index (χ0n) is 16.8. The lowest BCUT2D eigenvalue weighted by atomic mass is 9.90. The van der Waals surface area contributed by atoms with E-state index >= 15 is 0 Å². The number of carbonyl (C=O) groups excluding carboxylic acids is 2. The van der Waals surface area contributed by atoms with Gasteiger partial charge in [0.15, 0.2) is 0 Å². The van der Waals surface area contributed by atoms with Gasteiger partial charge in [0, 0.05) is 5.56 Å². The van der Waals surface area contributed by atoms with Crippen LogP contribution in [0.1, 0.15) is 26.3 Å². The van der Waals surface area contributed by atoms with E-state index in [1.165, 1.54) is 24.3 Å². The molecule has 36 heavy (non-hydrogen) atoms. The van der Waals surface area contributed by atoms with E-state index in [1.54, 1.807) is 0 Å². The molecule has 1 aliphatic heterocycles. The number of hydrogen-bond acceptors (Lipinski definition) is 2. The van der Waals surface area contributed by atoms with Crippen LogP contribution in [0.25, 0.3) is 0 Å². The molecule has 2 amide bonds. The summed E-state index contributed by atoms with van der Waals surface area (Å²) in [5, 5.41) is 0. The van der Waals surface area contributed by atoms with Crippen LogP contribution in [0.15, 0.2) is 48.5 Å². The maximum atomic E-state index is 14.3. The van der Waals surface area contributed by atoms with Crippen LogP contribution >= 0.6 is 0 Å². The molecule has 1 aliphatic rings. The van der Waals surface area contributed by atoms with E-state index in [4.69, 9.17) is 0 Å². The van der Waals surface area contributed by atoms with Crippen LogP contribution in [0.3, 0.4) is 0 Å². The fourth-order valence-electron chi connectivity index (χ4n) is 3.19. The number of anilines is 1. The molecule has 0 saturated heterocycles. The first-order valence-electron chi connectivity index (χ1n) is 9.18. The van der Waals surface area contributed by atoms with Gasteiger partial charge in [0.05, 0.1) is 16.8 Å². The molecule has 3 rings (SSSR count). The number of alkyl halides is 13. The molecule has 0 atom stereocenters. The number of rotatable bonds is 6. The highest BCUT2D eigenvalue weighted by Gasteiger charge is 2.90. The molecule has 0 aliphatic carbocycles. The lowest BCUT2D eigenvalue weighted by Crippen LogP contribution is -2.69. The van der Waals surface area contributed by atoms with Crippen molar-refractivity contribution in [1.82, 2.24) is 0 Å². The predicted octanol–water partition coefficient (Wildman–Crippen LogP) is 6.68. The third-order valence-corrected chi connectivity index (χ3v) is 5.22. The van der Waals surface area contributed by atoms with Gasteiger partial charge in [0.25, 0.3) is 11.8 Å². The summed E-state index contributed by atoms with van der Waals surface area (Å²) in [7, 11) is 0. The molecule has 16 heteroatoms. The summed E-state index contributed by atoms with van der Waals surface area (Å²) < 4.78 is 173. The number of nitrogens with zero attached hydrogens (tertiary/aromatic N) is 1. The van der Waals surface area contributed by atoms with Crippen LogP contribution in [0.4, 0.5) is 62.8 Å². The molecule has 1 heterocycles. The van der Waals surface area contributed by atoms with Gasteiger partial charge >= 0.3 is 35.8 Å². The van der Waals surface area contributed by atoms with Crippen molar-refractivity contribution in [2.75, 3.05) is 4.90 Å². The smallest absolute Gasteiger partial charge is 0.268 e. The van der Waals surface area contributed by atoms with Crippen molar-refractivity contribution >= 4 is 17.5 Å². The van der Waals surface area contributed by atoms with E-state index in [-0.39, 0.29) is 23.3 Å². The Morgan fingerprint density at radius 1 is 0.500 bits per heavy atom. The topological polar surface area (TPSA) is 37.4 Å². The van der Waals surface area contributed by atoms with Crippen LogP contribution in [-0.4, -0.2) is 41.7 Å². The average Bonchev–Trinajstić information content (AvgIpc) is 3.03. The van der Waals surface area contributed by atoms with Gasteiger partial charge < -0.3 is 0 Å². The van der Waals surface area contributed by atoms with Crippen LogP contribution in [0.2, 0.25) is 0 Å². The SMILES string of the molecule is O=C1c2ccccc2C(=O)N1c1ccc(C(F)(F)C(F)(F)C(F)(F)C(F)(F)C(F)(F)C(F)(F)F)cc1. The number of carbonyl (C=O) groups is 2. The molecule has 0 bridgehead atoms. The second-order valence-electron chi connectivity index (χ2n) is 7.41. The van der Waals surface area contributed by atoms with E-state index < -0.39 is 58.9 Å². The molecule has 0 aromatic heterocycles. The second-order valence-corrected chi connectivity index (χ2v) is 7.41. The van der Waals surface area contributed by atoms with Gasteiger partial charge in [-0.05, 0) is 24.3 Å². The molecule has 3 nitrogen and oxygen atoms in total. The number of imide groups is 1. The first-order chi connectivity index (χ1) is 16.1. The maximum absolute atomic E-state index is 14.3. The first kappa shape index (κ1) is 27.3. The standard InChI is InChI=1S/C20H8F13NO2/c21-15(22,16(23,24)17(25,26)18(27,28)19(29,30)20(31,32)33)9-5-7-10(8-6-9)34-13(35)11-3-1-2-4-12(11)14(34)36/h1-8H.